The predicted molar refractivity (Wildman–Crippen MR) is 44.0 cm³/mol. The molecule has 2 nitrogen and oxygen atoms in total. The van der Waals surface area contributed by atoms with Crippen molar-refractivity contribution in [3.05, 3.63) is 0 Å². The molecule has 0 bridgehead atoms. The number of nitriles is 1. The molecule has 0 radical (unpaired) electrons. The van der Waals surface area contributed by atoms with Crippen LogP contribution in [0.2, 0.25) is 0 Å². The molecular formula is C7H12N2S. The lowest BCUT2D eigenvalue weighted by molar-refractivity contribution is 0.261. The predicted octanol–water partition coefficient (Wildman–Crippen LogP) is 0.947. The van der Waals surface area contributed by atoms with E-state index in [-0.39, 0.29) is 0 Å². The highest BCUT2D eigenvalue weighted by atomic mass is 32.2. The standard InChI is InChI=1S/C7H12N2S/c1-7-6-10-5-4-9(7)3-2-8/h7H,3-6H2,1H3. The summed E-state index contributed by atoms with van der Waals surface area (Å²) in [6, 6.07) is 2.78. The van der Waals surface area contributed by atoms with Crippen LogP contribution in [0.15, 0.2) is 0 Å². The monoisotopic (exact) mass is 156 g/mol. The summed E-state index contributed by atoms with van der Waals surface area (Å²) in [5.41, 5.74) is 0. The zero-order valence-corrected chi connectivity index (χ0v) is 7.02. The fraction of sp³-hybridized carbons (Fsp3) is 0.857. The van der Waals surface area contributed by atoms with E-state index >= 15 is 0 Å². The topological polar surface area (TPSA) is 27.0 Å². The van der Waals surface area contributed by atoms with Crippen molar-refractivity contribution >= 4 is 11.8 Å². The second-order valence-electron chi connectivity index (χ2n) is 2.55. The molecule has 1 rings (SSSR count). The van der Waals surface area contributed by atoms with E-state index in [1.165, 1.54) is 11.5 Å². The fourth-order valence-electron chi connectivity index (χ4n) is 1.09. The lowest BCUT2D eigenvalue weighted by Gasteiger charge is -2.30. The molecule has 0 aliphatic carbocycles. The first-order chi connectivity index (χ1) is 4.84. The second-order valence-corrected chi connectivity index (χ2v) is 3.70. The summed E-state index contributed by atoms with van der Waals surface area (Å²) in [6.07, 6.45) is 0. The summed E-state index contributed by atoms with van der Waals surface area (Å²) in [5.74, 6) is 2.37. The Bertz CT molecular complexity index is 141. The molecule has 0 aromatic carbocycles. The third-order valence-electron chi connectivity index (χ3n) is 1.78. The van der Waals surface area contributed by atoms with E-state index < -0.39 is 0 Å². The van der Waals surface area contributed by atoms with Crippen molar-refractivity contribution in [1.29, 1.82) is 5.26 Å². The first-order valence-corrected chi connectivity index (χ1v) is 4.69. The number of thioether (sulfide) groups is 1. The largest absolute Gasteiger partial charge is 0.286 e. The highest BCUT2D eigenvalue weighted by Crippen LogP contribution is 2.14. The molecule has 56 valence electrons. The van der Waals surface area contributed by atoms with Gasteiger partial charge in [0.15, 0.2) is 0 Å². The Morgan fingerprint density at radius 1 is 1.80 bits per heavy atom. The van der Waals surface area contributed by atoms with Crippen molar-refractivity contribution in [2.24, 2.45) is 0 Å². The first kappa shape index (κ1) is 7.90. The van der Waals surface area contributed by atoms with Gasteiger partial charge in [-0.15, -0.1) is 0 Å². The van der Waals surface area contributed by atoms with Gasteiger partial charge in [0, 0.05) is 24.1 Å². The summed E-state index contributed by atoms with van der Waals surface area (Å²) in [4.78, 5) is 2.23. The molecule has 1 fully saturated rings. The van der Waals surface area contributed by atoms with Crippen LogP contribution in [0.3, 0.4) is 0 Å². The van der Waals surface area contributed by atoms with Crippen LogP contribution in [0.5, 0.6) is 0 Å². The molecule has 10 heavy (non-hydrogen) atoms. The van der Waals surface area contributed by atoms with Gasteiger partial charge < -0.3 is 0 Å². The Morgan fingerprint density at radius 3 is 3.20 bits per heavy atom. The van der Waals surface area contributed by atoms with Gasteiger partial charge in [-0.2, -0.15) is 17.0 Å². The summed E-state index contributed by atoms with van der Waals surface area (Å²) in [6.45, 7) is 3.87. The Morgan fingerprint density at radius 2 is 2.60 bits per heavy atom. The molecule has 0 aromatic rings. The van der Waals surface area contributed by atoms with Gasteiger partial charge in [0.25, 0.3) is 0 Å². The van der Waals surface area contributed by atoms with Crippen molar-refractivity contribution in [1.82, 2.24) is 4.90 Å². The van der Waals surface area contributed by atoms with Gasteiger partial charge >= 0.3 is 0 Å². The molecule has 1 saturated heterocycles. The maximum absolute atomic E-state index is 8.44. The van der Waals surface area contributed by atoms with Crippen LogP contribution in [0, 0.1) is 11.3 Å². The number of hydrogen-bond acceptors (Lipinski definition) is 3. The van der Waals surface area contributed by atoms with E-state index in [0.29, 0.717) is 12.6 Å². The number of hydrogen-bond donors (Lipinski definition) is 0. The number of rotatable bonds is 1. The summed E-state index contributed by atoms with van der Waals surface area (Å²) in [5, 5.41) is 8.44. The van der Waals surface area contributed by atoms with Crippen molar-refractivity contribution in [2.45, 2.75) is 13.0 Å². The average molecular weight is 156 g/mol. The van der Waals surface area contributed by atoms with Gasteiger partial charge in [-0.25, -0.2) is 0 Å². The maximum atomic E-state index is 8.44. The van der Waals surface area contributed by atoms with Crippen LogP contribution < -0.4 is 0 Å². The van der Waals surface area contributed by atoms with Crippen LogP contribution >= 0.6 is 11.8 Å². The maximum Gasteiger partial charge on any atom is 0.0868 e. The van der Waals surface area contributed by atoms with Gasteiger partial charge in [-0.1, -0.05) is 0 Å². The quantitative estimate of drug-likeness (QED) is 0.529. The molecule has 0 saturated carbocycles. The highest BCUT2D eigenvalue weighted by Gasteiger charge is 2.16. The molecule has 1 aliphatic rings. The van der Waals surface area contributed by atoms with Crippen LogP contribution in [0.1, 0.15) is 6.92 Å². The molecule has 1 unspecified atom stereocenters. The second kappa shape index (κ2) is 3.85. The van der Waals surface area contributed by atoms with Gasteiger partial charge in [-0.05, 0) is 6.92 Å². The van der Waals surface area contributed by atoms with E-state index in [9.17, 15) is 0 Å². The normalized spacial score (nSPS) is 27.8. The van der Waals surface area contributed by atoms with Gasteiger partial charge in [-0.3, -0.25) is 4.90 Å². The molecule has 1 atom stereocenters. The summed E-state index contributed by atoms with van der Waals surface area (Å²) < 4.78 is 0. The highest BCUT2D eigenvalue weighted by molar-refractivity contribution is 7.99. The minimum absolute atomic E-state index is 0.596. The molecule has 0 aromatic heterocycles. The third-order valence-corrected chi connectivity index (χ3v) is 2.97. The minimum atomic E-state index is 0.596. The van der Waals surface area contributed by atoms with Crippen LogP contribution in [0.25, 0.3) is 0 Å². The fourth-order valence-corrected chi connectivity index (χ4v) is 2.17. The van der Waals surface area contributed by atoms with Crippen LogP contribution in [0.4, 0.5) is 0 Å². The zero-order valence-electron chi connectivity index (χ0n) is 6.21. The molecule has 0 N–H and O–H groups in total. The van der Waals surface area contributed by atoms with Crippen molar-refractivity contribution in [2.75, 3.05) is 24.6 Å². The average Bonchev–Trinajstić information content (AvgIpc) is 1.94. The van der Waals surface area contributed by atoms with E-state index in [2.05, 4.69) is 17.9 Å². The SMILES string of the molecule is CC1CSCCN1CC#N. The van der Waals surface area contributed by atoms with Gasteiger partial charge in [0.05, 0.1) is 12.6 Å². The molecule has 0 spiro atoms. The van der Waals surface area contributed by atoms with E-state index in [1.807, 2.05) is 11.8 Å². The van der Waals surface area contributed by atoms with Gasteiger partial charge in [0.1, 0.15) is 0 Å². The minimum Gasteiger partial charge on any atom is -0.286 e. The third kappa shape index (κ3) is 1.89. The molecule has 1 heterocycles. The number of nitrogens with zero attached hydrogens (tertiary/aromatic N) is 2. The van der Waals surface area contributed by atoms with Gasteiger partial charge in [0.2, 0.25) is 0 Å². The molecule has 3 heteroatoms. The van der Waals surface area contributed by atoms with Crippen LogP contribution in [-0.2, 0) is 0 Å². The molecular weight excluding hydrogens is 144 g/mol. The Kier molecular flexibility index (Phi) is 3.04. The van der Waals surface area contributed by atoms with Crippen molar-refractivity contribution in [3.63, 3.8) is 0 Å². The zero-order chi connectivity index (χ0) is 7.40. The van der Waals surface area contributed by atoms with Crippen LogP contribution in [-0.4, -0.2) is 35.5 Å². The Hall–Kier alpha value is -0.200. The van der Waals surface area contributed by atoms with E-state index in [0.717, 1.165) is 6.54 Å². The van der Waals surface area contributed by atoms with Crippen molar-refractivity contribution in [3.8, 4) is 6.07 Å². The first-order valence-electron chi connectivity index (χ1n) is 3.53. The lowest BCUT2D eigenvalue weighted by Crippen LogP contribution is -2.40. The Labute approximate surface area is 66.2 Å². The van der Waals surface area contributed by atoms with E-state index in [1.54, 1.807) is 0 Å². The smallest absolute Gasteiger partial charge is 0.0868 e. The lowest BCUT2D eigenvalue weighted by atomic mass is 10.3. The molecule has 0 amide bonds. The Balaban J connectivity index is 2.34. The summed E-state index contributed by atoms with van der Waals surface area (Å²) in [7, 11) is 0. The van der Waals surface area contributed by atoms with Crippen molar-refractivity contribution < 1.29 is 0 Å². The molecule has 1 aliphatic heterocycles. The summed E-state index contributed by atoms with van der Waals surface area (Å²) >= 11 is 1.98. The van der Waals surface area contributed by atoms with E-state index in [4.69, 9.17) is 5.26 Å².